The third-order valence-corrected chi connectivity index (χ3v) is 4.54. The third-order valence-electron chi connectivity index (χ3n) is 4.24. The predicted molar refractivity (Wildman–Crippen MR) is 108 cm³/mol. The number of carbonyl (C=O) groups excluding carboxylic acids is 2. The van der Waals surface area contributed by atoms with Crippen molar-refractivity contribution in [2.75, 3.05) is 0 Å². The average molecular weight is 426 g/mol. The number of rotatable bonds is 3. The van der Waals surface area contributed by atoms with Gasteiger partial charge in [0.05, 0.1) is 16.2 Å². The quantitative estimate of drug-likeness (QED) is 0.453. The Hall–Kier alpha value is -3.78. The van der Waals surface area contributed by atoms with Gasteiger partial charge in [0.25, 0.3) is 5.91 Å². The van der Waals surface area contributed by atoms with E-state index in [1.807, 2.05) is 0 Å². The molecule has 2 aromatic carbocycles. The highest BCUT2D eigenvalue weighted by atomic mass is 35.5. The van der Waals surface area contributed by atoms with E-state index in [9.17, 15) is 14.0 Å². The van der Waals surface area contributed by atoms with Crippen LogP contribution in [0.25, 0.3) is 6.08 Å². The van der Waals surface area contributed by atoms with Crippen molar-refractivity contribution in [3.63, 3.8) is 0 Å². The second-order valence-corrected chi connectivity index (χ2v) is 6.79. The van der Waals surface area contributed by atoms with E-state index in [4.69, 9.17) is 26.6 Å². The van der Waals surface area contributed by atoms with Gasteiger partial charge in [0, 0.05) is 6.08 Å². The van der Waals surface area contributed by atoms with E-state index in [0.717, 1.165) is 11.1 Å². The molecule has 2 aromatic rings. The van der Waals surface area contributed by atoms with E-state index >= 15 is 0 Å². The van der Waals surface area contributed by atoms with Gasteiger partial charge in [-0.05, 0) is 42.8 Å². The van der Waals surface area contributed by atoms with E-state index in [2.05, 4.69) is 4.99 Å². The first kappa shape index (κ1) is 19.5. The van der Waals surface area contributed by atoms with Crippen LogP contribution in [-0.4, -0.2) is 28.6 Å². The molecule has 0 aromatic heterocycles. The van der Waals surface area contributed by atoms with Gasteiger partial charge in [0.15, 0.2) is 11.7 Å². The molecule has 9 heteroatoms. The molecule has 0 spiro atoms. The Balaban J connectivity index is 1.57. The maximum Gasteiger partial charge on any atom is 0.346 e. The number of carbonyl (C=O) groups is 2. The summed E-state index contributed by atoms with van der Waals surface area (Å²) in [5.41, 5.74) is 0.263. The Morgan fingerprint density at radius 3 is 2.80 bits per heavy atom. The molecule has 0 bridgehead atoms. The Morgan fingerprint density at radius 1 is 1.30 bits per heavy atom. The highest BCUT2D eigenvalue weighted by Crippen LogP contribution is 2.29. The molecule has 0 saturated heterocycles. The fourth-order valence-corrected chi connectivity index (χ4v) is 3.07. The molecule has 2 aliphatic rings. The van der Waals surface area contributed by atoms with Gasteiger partial charge in [-0.2, -0.15) is 4.99 Å². The number of benzene rings is 2. The molecule has 7 nitrogen and oxygen atoms in total. The van der Waals surface area contributed by atoms with Crippen LogP contribution in [0, 0.1) is 11.2 Å². The fraction of sp³-hybridized carbons (Fsp3) is 0.0476. The van der Waals surface area contributed by atoms with E-state index in [1.54, 1.807) is 13.0 Å². The SMILES string of the molecule is CC1=CC2=NC(=O)/C(=C\c3ccc(OC(=O)c4ccccc4F)c(Cl)c3)C(=N)N2O1. The largest absolute Gasteiger partial charge is 0.421 e. The zero-order chi connectivity index (χ0) is 21.4. The third kappa shape index (κ3) is 3.60. The maximum atomic E-state index is 13.7. The molecule has 0 radical (unpaired) electrons. The van der Waals surface area contributed by atoms with Gasteiger partial charge < -0.3 is 9.57 Å². The van der Waals surface area contributed by atoms with Crippen LogP contribution in [-0.2, 0) is 9.63 Å². The molecular formula is C21H13ClFN3O4. The summed E-state index contributed by atoms with van der Waals surface area (Å²) in [5, 5.41) is 9.43. The number of amides is 1. The van der Waals surface area contributed by atoms with Crippen molar-refractivity contribution in [3.8, 4) is 5.75 Å². The molecule has 2 aliphatic heterocycles. The molecule has 1 amide bonds. The van der Waals surface area contributed by atoms with Crippen molar-refractivity contribution >= 4 is 41.2 Å². The predicted octanol–water partition coefficient (Wildman–Crippen LogP) is 4.15. The molecule has 0 atom stereocenters. The molecule has 0 saturated carbocycles. The Kier molecular flexibility index (Phi) is 4.93. The Labute approximate surface area is 175 Å². The van der Waals surface area contributed by atoms with Crippen LogP contribution in [0.15, 0.2) is 64.9 Å². The first-order chi connectivity index (χ1) is 14.3. The van der Waals surface area contributed by atoms with Crippen LogP contribution in [0.4, 0.5) is 4.39 Å². The van der Waals surface area contributed by atoms with E-state index in [0.29, 0.717) is 11.3 Å². The number of hydrogen-bond acceptors (Lipinski definition) is 5. The highest BCUT2D eigenvalue weighted by molar-refractivity contribution is 6.33. The Bertz CT molecular complexity index is 1200. The molecule has 150 valence electrons. The van der Waals surface area contributed by atoms with Crippen LogP contribution >= 0.6 is 11.6 Å². The summed E-state index contributed by atoms with van der Waals surface area (Å²) in [6.07, 6.45) is 2.98. The van der Waals surface area contributed by atoms with Crippen LogP contribution in [0.1, 0.15) is 22.8 Å². The van der Waals surface area contributed by atoms with Crippen LogP contribution in [0.5, 0.6) is 5.75 Å². The fourth-order valence-electron chi connectivity index (χ4n) is 2.84. The second kappa shape index (κ2) is 7.57. The van der Waals surface area contributed by atoms with Gasteiger partial charge in [-0.1, -0.05) is 29.8 Å². The minimum absolute atomic E-state index is 0.00835. The van der Waals surface area contributed by atoms with Crippen LogP contribution < -0.4 is 4.74 Å². The average Bonchev–Trinajstić information content (AvgIpc) is 3.07. The number of nitrogens with one attached hydrogen (secondary N) is 1. The monoisotopic (exact) mass is 425 g/mol. The number of nitrogens with zero attached hydrogens (tertiary/aromatic N) is 2. The van der Waals surface area contributed by atoms with Crippen molar-refractivity contribution in [2.45, 2.75) is 6.92 Å². The minimum Gasteiger partial charge on any atom is -0.421 e. The summed E-state index contributed by atoms with van der Waals surface area (Å²) < 4.78 is 18.9. The number of hydrogen-bond donors (Lipinski definition) is 1. The van der Waals surface area contributed by atoms with Gasteiger partial charge in [0.2, 0.25) is 0 Å². The minimum atomic E-state index is -0.888. The van der Waals surface area contributed by atoms with Gasteiger partial charge in [-0.25, -0.2) is 9.18 Å². The van der Waals surface area contributed by atoms with E-state index < -0.39 is 17.7 Å². The zero-order valence-electron chi connectivity index (χ0n) is 15.5. The maximum absolute atomic E-state index is 13.7. The van der Waals surface area contributed by atoms with Gasteiger partial charge in [-0.15, -0.1) is 5.06 Å². The number of amidine groups is 2. The number of hydroxylamine groups is 2. The van der Waals surface area contributed by atoms with E-state index in [-0.39, 0.29) is 33.6 Å². The Morgan fingerprint density at radius 2 is 2.07 bits per heavy atom. The molecular weight excluding hydrogens is 413 g/mol. The number of halogens is 2. The normalized spacial score (nSPS) is 16.8. The van der Waals surface area contributed by atoms with Crippen molar-refractivity contribution in [1.82, 2.24) is 5.06 Å². The standard InChI is InChI=1S/C21H13ClFN3O4/c1-11-8-18-25-20(27)14(19(24)26(18)30-11)9-12-6-7-17(15(22)10-12)29-21(28)13-4-2-3-5-16(13)23/h2-10,24H,1H3/b14-9-,24-19?. The van der Waals surface area contributed by atoms with Gasteiger partial charge >= 0.3 is 5.97 Å². The summed E-state index contributed by atoms with van der Waals surface area (Å²) in [6, 6.07) is 9.83. The van der Waals surface area contributed by atoms with Crippen LogP contribution in [0.2, 0.25) is 5.02 Å². The van der Waals surface area contributed by atoms with Crippen molar-refractivity contribution in [2.24, 2.45) is 4.99 Å². The highest BCUT2D eigenvalue weighted by Gasteiger charge is 2.34. The van der Waals surface area contributed by atoms with Crippen LogP contribution in [0.3, 0.4) is 0 Å². The lowest BCUT2D eigenvalue weighted by molar-refractivity contribution is -0.114. The molecule has 0 unspecified atom stereocenters. The number of aliphatic imine (C=N–C) groups is 1. The molecule has 2 heterocycles. The summed E-state index contributed by atoms with van der Waals surface area (Å²) in [4.78, 5) is 33.7. The van der Waals surface area contributed by atoms with Gasteiger partial charge in [0.1, 0.15) is 17.3 Å². The summed E-state index contributed by atoms with van der Waals surface area (Å²) in [6.45, 7) is 1.68. The number of ether oxygens (including phenoxy) is 1. The zero-order valence-corrected chi connectivity index (χ0v) is 16.2. The summed E-state index contributed by atoms with van der Waals surface area (Å²) >= 11 is 6.19. The molecule has 1 N–H and O–H groups in total. The number of esters is 1. The van der Waals surface area contributed by atoms with Crippen molar-refractivity contribution in [1.29, 1.82) is 5.41 Å². The number of allylic oxidation sites excluding steroid dienone is 1. The van der Waals surface area contributed by atoms with Gasteiger partial charge in [-0.3, -0.25) is 10.2 Å². The molecule has 30 heavy (non-hydrogen) atoms. The number of fused-ring (bicyclic) bond motifs is 1. The molecule has 4 rings (SSSR count). The van der Waals surface area contributed by atoms with E-state index in [1.165, 1.54) is 42.5 Å². The smallest absolute Gasteiger partial charge is 0.346 e. The first-order valence-electron chi connectivity index (χ1n) is 8.70. The first-order valence-corrected chi connectivity index (χ1v) is 9.07. The lowest BCUT2D eigenvalue weighted by Gasteiger charge is -2.23. The molecule has 0 aliphatic carbocycles. The lowest BCUT2D eigenvalue weighted by Crippen LogP contribution is -2.38. The summed E-state index contributed by atoms with van der Waals surface area (Å²) in [7, 11) is 0. The summed E-state index contributed by atoms with van der Waals surface area (Å²) in [5.74, 6) is -1.56. The molecule has 0 fully saturated rings. The van der Waals surface area contributed by atoms with Crippen molar-refractivity contribution < 1.29 is 23.6 Å². The topological polar surface area (TPSA) is 92.0 Å². The second-order valence-electron chi connectivity index (χ2n) is 6.38. The lowest BCUT2D eigenvalue weighted by atomic mass is 10.1. The van der Waals surface area contributed by atoms with Crippen molar-refractivity contribution in [3.05, 3.63) is 81.8 Å².